The first-order chi connectivity index (χ1) is 30.4. The fraction of sp³-hybridized carbons (Fsp3) is 0. The van der Waals surface area contributed by atoms with E-state index in [-0.39, 0.29) is 77.9 Å². The van der Waals surface area contributed by atoms with Crippen LogP contribution >= 0.6 is 11.3 Å². The fourth-order valence-electron chi connectivity index (χ4n) is 6.81. The van der Waals surface area contributed by atoms with E-state index in [4.69, 9.17) is 24.5 Å². The van der Waals surface area contributed by atoms with Gasteiger partial charge in [-0.1, -0.05) is 170 Å². The van der Waals surface area contributed by atoms with E-state index in [1.54, 1.807) is 12.1 Å². The van der Waals surface area contributed by atoms with Gasteiger partial charge in [0.15, 0.2) is 17.5 Å². The van der Waals surface area contributed by atoms with Crippen LogP contribution < -0.4 is 0 Å². The van der Waals surface area contributed by atoms with Crippen LogP contribution in [-0.2, 0) is 0 Å². The number of fused-ring (bicyclic) bond motifs is 5. The van der Waals surface area contributed by atoms with Gasteiger partial charge in [-0.15, -0.1) is 11.3 Å². The van der Waals surface area contributed by atoms with Gasteiger partial charge in [-0.3, -0.25) is 0 Å². The predicted octanol–water partition coefficient (Wildman–Crippen LogP) is 13.1. The van der Waals surface area contributed by atoms with E-state index in [1.165, 1.54) is 0 Å². The predicted molar refractivity (Wildman–Crippen MR) is 225 cm³/mol. The molecule has 10 rings (SSSR count). The van der Waals surface area contributed by atoms with Crippen LogP contribution in [0.4, 0.5) is 0 Å². The largest absolute Gasteiger partial charge is 0.507 e. The third kappa shape index (κ3) is 5.59. The molecule has 0 radical (unpaired) electrons. The molecule has 1 N–H and O–H groups in total. The first kappa shape index (κ1) is 23.6. The van der Waals surface area contributed by atoms with Crippen LogP contribution in [0, 0.1) is 0 Å². The zero-order chi connectivity index (χ0) is 43.8. The van der Waals surface area contributed by atoms with E-state index in [0.717, 1.165) is 39.2 Å². The summed E-state index contributed by atoms with van der Waals surface area (Å²) in [5, 5.41) is 11.3. The fourth-order valence-corrected chi connectivity index (χ4v) is 7.93. The molecule has 0 bridgehead atoms. The van der Waals surface area contributed by atoms with Crippen LogP contribution in [0.15, 0.2) is 182 Å². The minimum Gasteiger partial charge on any atom is -0.507 e. The van der Waals surface area contributed by atoms with Gasteiger partial charge < -0.3 is 5.11 Å². The van der Waals surface area contributed by atoms with Gasteiger partial charge in [0.2, 0.25) is 0 Å². The van der Waals surface area contributed by atoms with Crippen molar-refractivity contribution in [1.29, 1.82) is 0 Å². The second-order valence-corrected chi connectivity index (χ2v) is 13.7. The first-order valence-electron chi connectivity index (χ1n) is 21.7. The molecule has 0 fully saturated rings. The lowest BCUT2D eigenvalue weighted by Gasteiger charge is -2.13. The Morgan fingerprint density at radius 1 is 0.444 bits per heavy atom. The monoisotopic (exact) mass is 718 g/mol. The van der Waals surface area contributed by atoms with Crippen LogP contribution in [0.2, 0.25) is 0 Å². The Hall–Kier alpha value is -6.95. The summed E-state index contributed by atoms with van der Waals surface area (Å²) in [5.41, 5.74) is 6.36. The van der Waals surface area contributed by atoms with E-state index in [0.29, 0.717) is 16.7 Å². The molecule has 5 heteroatoms. The molecule has 0 spiro atoms. The number of benzene rings is 8. The van der Waals surface area contributed by atoms with E-state index in [1.807, 2.05) is 115 Å². The Morgan fingerprint density at radius 2 is 1.06 bits per heavy atom. The second-order valence-electron chi connectivity index (χ2n) is 12.7. The highest BCUT2D eigenvalue weighted by Crippen LogP contribution is 2.43. The zero-order valence-electron chi connectivity index (χ0n) is 37.3. The van der Waals surface area contributed by atoms with Gasteiger partial charge >= 0.3 is 0 Å². The van der Waals surface area contributed by atoms with Crippen molar-refractivity contribution in [2.75, 3.05) is 0 Å². The van der Waals surface area contributed by atoms with Crippen molar-refractivity contribution in [3.8, 4) is 73.3 Å². The molecular formula is C49H31N3OS. The summed E-state index contributed by atoms with van der Waals surface area (Å²) in [6, 6.07) is 36.3. The summed E-state index contributed by atoms with van der Waals surface area (Å²) in [4.78, 5) is 14.8. The Kier molecular flexibility index (Phi) is 5.78. The molecule has 8 aromatic carbocycles. The highest BCUT2D eigenvalue weighted by atomic mass is 32.1. The first-order valence-corrected chi connectivity index (χ1v) is 18.0. The van der Waals surface area contributed by atoms with Crippen LogP contribution in [0.5, 0.6) is 5.75 Å². The molecule has 0 aliphatic rings. The van der Waals surface area contributed by atoms with Crippen molar-refractivity contribution in [3.63, 3.8) is 0 Å². The molecule has 10 aromatic rings. The Bertz CT molecular complexity index is 3490. The highest BCUT2D eigenvalue weighted by molar-refractivity contribution is 7.26. The Balaban J connectivity index is 1.23. The molecule has 0 aliphatic heterocycles. The molecule has 0 saturated carbocycles. The minimum atomic E-state index is -0.531. The SMILES string of the molecule is [2H]c1c([2H])c(-c2nc(-c3ccc(-c4ccccc4)cc3)nc(-c3ccc(-c4c(O)cccc4-c4ccccc4)cc3)n2)c2c(sc3c4c([2H])c([2H])c([2H])c([2H])c4c([2H])c([2H])c32)c1[2H]. The molecule has 4 nitrogen and oxygen atoms in total. The maximum absolute atomic E-state index is 11.1. The number of rotatable bonds is 6. The van der Waals surface area contributed by atoms with E-state index in [2.05, 4.69) is 0 Å². The molecular weight excluding hydrogens is 679 g/mol. The summed E-state index contributed by atoms with van der Waals surface area (Å²) < 4.78 is 80.3. The Morgan fingerprint density at radius 3 is 1.78 bits per heavy atom. The molecule has 0 atom stereocenters. The van der Waals surface area contributed by atoms with E-state index >= 15 is 0 Å². The van der Waals surface area contributed by atoms with Crippen molar-refractivity contribution in [3.05, 3.63) is 182 Å². The van der Waals surface area contributed by atoms with E-state index in [9.17, 15) is 7.85 Å². The molecule has 2 aromatic heterocycles. The van der Waals surface area contributed by atoms with Crippen molar-refractivity contribution < 1.29 is 17.4 Å². The van der Waals surface area contributed by atoms with Crippen LogP contribution in [0.3, 0.4) is 0 Å². The number of aromatic hydroxyl groups is 1. The number of nitrogens with zero attached hydrogens (tertiary/aromatic N) is 3. The highest BCUT2D eigenvalue weighted by Gasteiger charge is 2.19. The average molecular weight is 719 g/mol. The maximum atomic E-state index is 11.1. The number of hydrogen-bond donors (Lipinski definition) is 1. The third-order valence-corrected chi connectivity index (χ3v) is 10.5. The zero-order valence-corrected chi connectivity index (χ0v) is 29.1. The van der Waals surface area contributed by atoms with Crippen LogP contribution in [0.1, 0.15) is 12.3 Å². The lowest BCUT2D eigenvalue weighted by Crippen LogP contribution is -2.00. The van der Waals surface area contributed by atoms with Gasteiger partial charge in [-0.25, -0.2) is 15.0 Å². The van der Waals surface area contributed by atoms with E-state index < -0.39 is 36.3 Å². The smallest absolute Gasteiger partial charge is 0.164 e. The number of phenols is 1. The number of thiophene rings is 1. The van der Waals surface area contributed by atoms with Crippen molar-refractivity contribution >= 4 is 42.3 Å². The van der Waals surface area contributed by atoms with Gasteiger partial charge in [0, 0.05) is 42.4 Å². The van der Waals surface area contributed by atoms with Gasteiger partial charge in [0.1, 0.15) is 5.75 Å². The summed E-state index contributed by atoms with van der Waals surface area (Å²) in [5.74, 6) is 0.544. The lowest BCUT2D eigenvalue weighted by molar-refractivity contribution is 0.477. The van der Waals surface area contributed by atoms with Crippen molar-refractivity contribution in [1.82, 2.24) is 15.0 Å². The van der Waals surface area contributed by atoms with Crippen molar-refractivity contribution in [2.24, 2.45) is 0 Å². The Labute approximate surface area is 329 Å². The topological polar surface area (TPSA) is 58.9 Å². The van der Waals surface area contributed by atoms with Gasteiger partial charge in [0.05, 0.1) is 12.3 Å². The molecule has 2 heterocycles. The summed E-state index contributed by atoms with van der Waals surface area (Å²) in [7, 11) is 0. The lowest BCUT2D eigenvalue weighted by atomic mass is 9.93. The van der Waals surface area contributed by atoms with Crippen molar-refractivity contribution in [2.45, 2.75) is 0 Å². The molecule has 0 aliphatic carbocycles. The average Bonchev–Trinajstić information content (AvgIpc) is 3.71. The van der Waals surface area contributed by atoms with Gasteiger partial charge in [-0.05, 0) is 50.7 Å². The standard InChI is InChI=1S/C49H31N3OS/c53-42-19-9-17-38(33-13-5-2-6-14-33)44(42)35-23-27-37(28-24-35)48-50-47(36-25-21-32(22-26-36)31-11-3-1-4-12-31)51-49(52-48)41-18-10-20-43-45(41)40-30-29-34-15-7-8-16-39(34)46(40)54-43/h1-30,53H/i7D,8D,10D,15D,16D,18D,20D,29D,30D. The quantitative estimate of drug-likeness (QED) is 0.186. The molecule has 0 saturated heterocycles. The minimum absolute atomic E-state index is 0.0227. The molecule has 54 heavy (non-hydrogen) atoms. The molecule has 254 valence electrons. The second kappa shape index (κ2) is 13.2. The normalized spacial score (nSPS) is 13.7. The third-order valence-electron chi connectivity index (χ3n) is 9.42. The summed E-state index contributed by atoms with van der Waals surface area (Å²) >= 11 is 0.977. The summed E-state index contributed by atoms with van der Waals surface area (Å²) in [6.45, 7) is 0. The summed E-state index contributed by atoms with van der Waals surface area (Å²) in [6.07, 6.45) is 0. The number of hydrogen-bond acceptors (Lipinski definition) is 5. The molecule has 0 unspecified atom stereocenters. The van der Waals surface area contributed by atoms with Gasteiger partial charge in [0.25, 0.3) is 0 Å². The maximum Gasteiger partial charge on any atom is 0.164 e. The number of aromatic nitrogens is 3. The molecule has 0 amide bonds. The van der Waals surface area contributed by atoms with Crippen LogP contribution in [0.25, 0.3) is 98.5 Å². The van der Waals surface area contributed by atoms with Crippen LogP contribution in [-0.4, -0.2) is 20.1 Å². The van der Waals surface area contributed by atoms with Gasteiger partial charge in [-0.2, -0.15) is 0 Å². The number of phenolic OH excluding ortho intramolecular Hbond substituents is 1.